The van der Waals surface area contributed by atoms with Gasteiger partial charge in [0.25, 0.3) is 0 Å². The molecule has 1 heterocycles. The number of hydrogen-bond donors (Lipinski definition) is 1. The molecule has 1 fully saturated rings. The molecule has 0 unspecified atom stereocenters. The van der Waals surface area contributed by atoms with Crippen LogP contribution in [0.3, 0.4) is 0 Å². The molecule has 0 saturated carbocycles. The SMILES string of the molecule is CCOc1c(Br)cc(CC2CNC2)cc1OC. The maximum Gasteiger partial charge on any atom is 0.175 e. The van der Waals surface area contributed by atoms with E-state index in [1.165, 1.54) is 5.56 Å². The molecular weight excluding hydrogens is 282 g/mol. The van der Waals surface area contributed by atoms with Gasteiger partial charge >= 0.3 is 0 Å². The normalized spacial score (nSPS) is 15.5. The molecule has 94 valence electrons. The molecule has 3 nitrogen and oxygen atoms in total. The van der Waals surface area contributed by atoms with Gasteiger partial charge in [-0.3, -0.25) is 0 Å². The number of methoxy groups -OCH3 is 1. The van der Waals surface area contributed by atoms with E-state index in [1.54, 1.807) is 7.11 Å². The molecule has 0 amide bonds. The Labute approximate surface area is 111 Å². The summed E-state index contributed by atoms with van der Waals surface area (Å²) in [6.07, 6.45) is 1.09. The van der Waals surface area contributed by atoms with E-state index in [4.69, 9.17) is 9.47 Å². The fraction of sp³-hybridized carbons (Fsp3) is 0.538. The van der Waals surface area contributed by atoms with Gasteiger partial charge in [0, 0.05) is 0 Å². The minimum Gasteiger partial charge on any atom is -0.493 e. The lowest BCUT2D eigenvalue weighted by atomic mass is 9.94. The van der Waals surface area contributed by atoms with Crippen molar-refractivity contribution in [3.63, 3.8) is 0 Å². The Morgan fingerprint density at radius 2 is 2.18 bits per heavy atom. The number of hydrogen-bond acceptors (Lipinski definition) is 3. The number of nitrogens with one attached hydrogen (secondary N) is 1. The first-order valence-corrected chi connectivity index (χ1v) is 6.73. The summed E-state index contributed by atoms with van der Waals surface area (Å²) in [5.74, 6) is 2.36. The number of halogens is 1. The van der Waals surface area contributed by atoms with Gasteiger partial charge in [0.1, 0.15) is 0 Å². The molecule has 1 aliphatic heterocycles. The third-order valence-electron chi connectivity index (χ3n) is 2.97. The Kier molecular flexibility index (Phi) is 4.29. The summed E-state index contributed by atoms with van der Waals surface area (Å²) >= 11 is 3.55. The molecule has 17 heavy (non-hydrogen) atoms. The summed E-state index contributed by atoms with van der Waals surface area (Å²) in [6.45, 7) is 4.85. The smallest absolute Gasteiger partial charge is 0.175 e. The highest BCUT2D eigenvalue weighted by Gasteiger charge is 2.19. The van der Waals surface area contributed by atoms with E-state index in [2.05, 4.69) is 33.4 Å². The van der Waals surface area contributed by atoms with Crippen molar-refractivity contribution in [2.45, 2.75) is 13.3 Å². The summed E-state index contributed by atoms with van der Waals surface area (Å²) in [5, 5.41) is 3.29. The van der Waals surface area contributed by atoms with Crippen LogP contribution in [0.25, 0.3) is 0 Å². The second-order valence-corrected chi connectivity index (χ2v) is 5.12. The van der Waals surface area contributed by atoms with E-state index >= 15 is 0 Å². The average Bonchev–Trinajstić information content (AvgIpc) is 2.27. The van der Waals surface area contributed by atoms with Crippen LogP contribution >= 0.6 is 15.9 Å². The molecular formula is C13H18BrNO2. The first-order chi connectivity index (χ1) is 8.24. The van der Waals surface area contributed by atoms with Gasteiger partial charge in [0.15, 0.2) is 11.5 Å². The Hall–Kier alpha value is -0.740. The van der Waals surface area contributed by atoms with Gasteiger partial charge in [-0.1, -0.05) is 0 Å². The molecule has 0 spiro atoms. The summed E-state index contributed by atoms with van der Waals surface area (Å²) in [4.78, 5) is 0. The van der Waals surface area contributed by atoms with Crippen LogP contribution in [0.4, 0.5) is 0 Å². The minimum atomic E-state index is 0.640. The van der Waals surface area contributed by atoms with Crippen molar-refractivity contribution in [1.82, 2.24) is 5.32 Å². The molecule has 4 heteroatoms. The third kappa shape index (κ3) is 2.93. The Balaban J connectivity index is 2.20. The predicted molar refractivity (Wildman–Crippen MR) is 71.9 cm³/mol. The van der Waals surface area contributed by atoms with Gasteiger partial charge in [0.2, 0.25) is 0 Å². The fourth-order valence-electron chi connectivity index (χ4n) is 2.00. The van der Waals surface area contributed by atoms with E-state index in [-0.39, 0.29) is 0 Å². The highest BCUT2D eigenvalue weighted by atomic mass is 79.9. The van der Waals surface area contributed by atoms with Crippen LogP contribution in [0.15, 0.2) is 16.6 Å². The molecule has 1 saturated heterocycles. The molecule has 0 radical (unpaired) electrons. The van der Waals surface area contributed by atoms with Crippen LogP contribution in [0.5, 0.6) is 11.5 Å². The standard InChI is InChI=1S/C13H18BrNO2/c1-3-17-13-11(14)5-9(6-12(13)16-2)4-10-7-15-8-10/h5-6,10,15H,3-4,7-8H2,1-2H3. The average molecular weight is 300 g/mol. The van der Waals surface area contributed by atoms with Crippen LogP contribution < -0.4 is 14.8 Å². The molecule has 1 aromatic rings. The number of rotatable bonds is 5. The Morgan fingerprint density at radius 1 is 1.41 bits per heavy atom. The zero-order valence-corrected chi connectivity index (χ0v) is 11.8. The van der Waals surface area contributed by atoms with E-state index in [0.29, 0.717) is 6.61 Å². The van der Waals surface area contributed by atoms with E-state index in [1.807, 2.05) is 6.92 Å². The molecule has 1 aliphatic rings. The number of benzene rings is 1. The molecule has 1 N–H and O–H groups in total. The van der Waals surface area contributed by atoms with Crippen molar-refractivity contribution in [1.29, 1.82) is 0 Å². The predicted octanol–water partition coefficient (Wildman–Crippen LogP) is 2.62. The maximum absolute atomic E-state index is 5.57. The van der Waals surface area contributed by atoms with Crippen LogP contribution in [0, 0.1) is 5.92 Å². The summed E-state index contributed by atoms with van der Waals surface area (Å²) in [6, 6.07) is 4.21. The second-order valence-electron chi connectivity index (χ2n) is 4.27. The highest BCUT2D eigenvalue weighted by molar-refractivity contribution is 9.10. The first kappa shape index (κ1) is 12.7. The Bertz CT molecular complexity index is 391. The summed E-state index contributed by atoms with van der Waals surface area (Å²) < 4.78 is 11.9. The molecule has 2 rings (SSSR count). The Morgan fingerprint density at radius 3 is 2.71 bits per heavy atom. The highest BCUT2D eigenvalue weighted by Crippen LogP contribution is 2.37. The topological polar surface area (TPSA) is 30.5 Å². The van der Waals surface area contributed by atoms with Gasteiger partial charge in [-0.25, -0.2) is 0 Å². The van der Waals surface area contributed by atoms with Crippen LogP contribution in [0.2, 0.25) is 0 Å². The van der Waals surface area contributed by atoms with Crippen LogP contribution in [-0.4, -0.2) is 26.8 Å². The number of ether oxygens (including phenoxy) is 2. The van der Waals surface area contributed by atoms with Gasteiger partial charge in [0.05, 0.1) is 18.2 Å². The van der Waals surface area contributed by atoms with E-state index in [0.717, 1.165) is 41.4 Å². The zero-order chi connectivity index (χ0) is 12.3. The van der Waals surface area contributed by atoms with E-state index in [9.17, 15) is 0 Å². The second kappa shape index (κ2) is 5.74. The minimum absolute atomic E-state index is 0.640. The van der Waals surface area contributed by atoms with Crippen molar-refractivity contribution in [3.05, 3.63) is 22.2 Å². The lowest BCUT2D eigenvalue weighted by Crippen LogP contribution is -2.43. The largest absolute Gasteiger partial charge is 0.493 e. The third-order valence-corrected chi connectivity index (χ3v) is 3.56. The van der Waals surface area contributed by atoms with Gasteiger partial charge in [-0.05, 0) is 66.0 Å². The van der Waals surface area contributed by atoms with Crippen LogP contribution in [-0.2, 0) is 6.42 Å². The van der Waals surface area contributed by atoms with Crippen LogP contribution in [0.1, 0.15) is 12.5 Å². The fourth-order valence-corrected chi connectivity index (χ4v) is 2.61. The van der Waals surface area contributed by atoms with Gasteiger partial charge < -0.3 is 14.8 Å². The van der Waals surface area contributed by atoms with Crippen molar-refractivity contribution >= 4 is 15.9 Å². The summed E-state index contributed by atoms with van der Waals surface area (Å²) in [7, 11) is 1.68. The molecule has 0 atom stereocenters. The lowest BCUT2D eigenvalue weighted by molar-refractivity contribution is 0.307. The quantitative estimate of drug-likeness (QED) is 0.907. The monoisotopic (exact) mass is 299 g/mol. The van der Waals surface area contributed by atoms with Gasteiger partial charge in [-0.2, -0.15) is 0 Å². The molecule has 0 bridgehead atoms. The molecule has 1 aromatic carbocycles. The van der Waals surface area contributed by atoms with Crippen molar-refractivity contribution < 1.29 is 9.47 Å². The maximum atomic E-state index is 5.57. The van der Waals surface area contributed by atoms with Crippen molar-refractivity contribution in [2.24, 2.45) is 5.92 Å². The molecule has 0 aliphatic carbocycles. The van der Waals surface area contributed by atoms with Crippen molar-refractivity contribution in [2.75, 3.05) is 26.8 Å². The zero-order valence-electron chi connectivity index (χ0n) is 10.3. The molecule has 0 aromatic heterocycles. The first-order valence-electron chi connectivity index (χ1n) is 5.94. The lowest BCUT2D eigenvalue weighted by Gasteiger charge is -2.27. The van der Waals surface area contributed by atoms with Crippen molar-refractivity contribution in [3.8, 4) is 11.5 Å². The summed E-state index contributed by atoms with van der Waals surface area (Å²) in [5.41, 5.74) is 1.30. The van der Waals surface area contributed by atoms with Gasteiger partial charge in [-0.15, -0.1) is 0 Å². The van der Waals surface area contributed by atoms with E-state index < -0.39 is 0 Å².